The lowest BCUT2D eigenvalue weighted by molar-refractivity contribution is -0.117. The summed E-state index contributed by atoms with van der Waals surface area (Å²) < 4.78 is 0. The van der Waals surface area contributed by atoms with Gasteiger partial charge in [0.25, 0.3) is 0 Å². The predicted octanol–water partition coefficient (Wildman–Crippen LogP) is 2.23. The minimum atomic E-state index is -0.160. The van der Waals surface area contributed by atoms with Crippen LogP contribution in [-0.2, 0) is 4.79 Å². The lowest BCUT2D eigenvalue weighted by Crippen LogP contribution is -2.26. The SMILES string of the molecule is CC(=O)c1ccccc1N1CC(Cl)CC1=O. The molecule has 0 N–H and O–H groups in total. The minimum Gasteiger partial charge on any atom is -0.310 e. The fraction of sp³-hybridized carbons (Fsp3) is 0.333. The van der Waals surface area contributed by atoms with Gasteiger partial charge in [0.1, 0.15) is 0 Å². The van der Waals surface area contributed by atoms with Gasteiger partial charge in [-0.25, -0.2) is 0 Å². The molecule has 0 saturated carbocycles. The molecule has 0 bridgehead atoms. The Kier molecular flexibility index (Phi) is 2.97. The monoisotopic (exact) mass is 237 g/mol. The van der Waals surface area contributed by atoms with Crippen molar-refractivity contribution in [1.29, 1.82) is 0 Å². The van der Waals surface area contributed by atoms with Gasteiger partial charge in [-0.2, -0.15) is 0 Å². The lowest BCUT2D eigenvalue weighted by atomic mass is 10.1. The molecule has 4 heteroatoms. The number of rotatable bonds is 2. The van der Waals surface area contributed by atoms with Crippen molar-refractivity contribution < 1.29 is 9.59 Å². The third-order valence-corrected chi connectivity index (χ3v) is 2.94. The van der Waals surface area contributed by atoms with Gasteiger partial charge in [0.05, 0.1) is 11.1 Å². The van der Waals surface area contributed by atoms with Gasteiger partial charge in [0.15, 0.2) is 5.78 Å². The molecule has 84 valence electrons. The van der Waals surface area contributed by atoms with Gasteiger partial charge in [-0.3, -0.25) is 9.59 Å². The van der Waals surface area contributed by atoms with Crippen LogP contribution in [0.4, 0.5) is 5.69 Å². The van der Waals surface area contributed by atoms with Crippen molar-refractivity contribution in [2.45, 2.75) is 18.7 Å². The lowest BCUT2D eigenvalue weighted by Gasteiger charge is -2.18. The average Bonchev–Trinajstić information content (AvgIpc) is 2.57. The van der Waals surface area contributed by atoms with Crippen LogP contribution >= 0.6 is 11.6 Å². The number of halogens is 1. The van der Waals surface area contributed by atoms with Crippen molar-refractivity contribution in [3.8, 4) is 0 Å². The molecule has 2 rings (SSSR count). The quantitative estimate of drug-likeness (QED) is 0.584. The van der Waals surface area contributed by atoms with Crippen molar-refractivity contribution in [2.24, 2.45) is 0 Å². The molecule has 1 amide bonds. The molecule has 1 aromatic carbocycles. The molecule has 1 fully saturated rings. The van der Waals surface area contributed by atoms with Crippen LogP contribution < -0.4 is 4.90 Å². The third kappa shape index (κ3) is 1.95. The van der Waals surface area contributed by atoms with E-state index >= 15 is 0 Å². The van der Waals surface area contributed by atoms with Gasteiger partial charge in [0, 0.05) is 18.5 Å². The summed E-state index contributed by atoms with van der Waals surface area (Å²) in [7, 11) is 0. The number of carbonyl (C=O) groups is 2. The van der Waals surface area contributed by atoms with E-state index in [1.54, 1.807) is 23.1 Å². The largest absolute Gasteiger partial charge is 0.310 e. The first-order valence-electron chi connectivity index (χ1n) is 5.14. The maximum Gasteiger partial charge on any atom is 0.228 e. The highest BCUT2D eigenvalue weighted by Gasteiger charge is 2.30. The molecule has 0 aromatic heterocycles. The second-order valence-corrected chi connectivity index (χ2v) is 4.50. The number of benzene rings is 1. The molecule has 0 aliphatic carbocycles. The number of anilines is 1. The Morgan fingerprint density at radius 2 is 2.12 bits per heavy atom. The van der Waals surface area contributed by atoms with Crippen LogP contribution in [0.1, 0.15) is 23.7 Å². The molecule has 16 heavy (non-hydrogen) atoms. The summed E-state index contributed by atoms with van der Waals surface area (Å²) in [5.41, 5.74) is 1.24. The Bertz CT molecular complexity index is 444. The summed E-state index contributed by atoms with van der Waals surface area (Å²) in [6, 6.07) is 7.12. The van der Waals surface area contributed by atoms with E-state index in [2.05, 4.69) is 0 Å². The number of Topliss-reactive ketones (excluding diaryl/α,β-unsaturated/α-hetero) is 1. The van der Waals surface area contributed by atoms with Crippen molar-refractivity contribution >= 4 is 29.0 Å². The summed E-state index contributed by atoms with van der Waals surface area (Å²) >= 11 is 5.94. The Labute approximate surface area is 99.0 Å². The number of nitrogens with zero attached hydrogens (tertiary/aromatic N) is 1. The van der Waals surface area contributed by atoms with Crippen LogP contribution in [0.3, 0.4) is 0 Å². The number of alkyl halides is 1. The molecule has 1 heterocycles. The van der Waals surface area contributed by atoms with E-state index in [0.29, 0.717) is 24.2 Å². The van der Waals surface area contributed by atoms with E-state index in [9.17, 15) is 9.59 Å². The van der Waals surface area contributed by atoms with E-state index in [0.717, 1.165) is 0 Å². The van der Waals surface area contributed by atoms with Crippen LogP contribution in [-0.4, -0.2) is 23.6 Å². The van der Waals surface area contributed by atoms with Gasteiger partial charge >= 0.3 is 0 Å². The van der Waals surface area contributed by atoms with Gasteiger partial charge in [-0.15, -0.1) is 11.6 Å². The van der Waals surface area contributed by atoms with Crippen LogP contribution in [0.15, 0.2) is 24.3 Å². The molecular formula is C12H12ClNO2. The number of amides is 1. The first-order valence-corrected chi connectivity index (χ1v) is 5.57. The molecule has 1 aliphatic heterocycles. The van der Waals surface area contributed by atoms with Crippen molar-refractivity contribution in [3.63, 3.8) is 0 Å². The molecule has 1 aromatic rings. The zero-order chi connectivity index (χ0) is 11.7. The topological polar surface area (TPSA) is 37.4 Å². The Balaban J connectivity index is 2.40. The maximum atomic E-state index is 11.7. The highest BCUT2D eigenvalue weighted by molar-refractivity contribution is 6.24. The van der Waals surface area contributed by atoms with E-state index in [1.165, 1.54) is 6.92 Å². The second kappa shape index (κ2) is 4.26. The summed E-state index contributed by atoms with van der Waals surface area (Å²) in [4.78, 5) is 24.7. The molecule has 0 spiro atoms. The molecule has 1 aliphatic rings. The molecular weight excluding hydrogens is 226 g/mol. The van der Waals surface area contributed by atoms with Gasteiger partial charge in [-0.05, 0) is 19.1 Å². The number of hydrogen-bond acceptors (Lipinski definition) is 2. The van der Waals surface area contributed by atoms with Gasteiger partial charge in [-0.1, -0.05) is 12.1 Å². The van der Waals surface area contributed by atoms with E-state index in [-0.39, 0.29) is 17.1 Å². The molecule has 1 unspecified atom stereocenters. The highest BCUT2D eigenvalue weighted by Crippen LogP contribution is 2.27. The standard InChI is InChI=1S/C12H12ClNO2/c1-8(15)10-4-2-3-5-11(10)14-7-9(13)6-12(14)16/h2-5,9H,6-7H2,1H3. The number of hydrogen-bond donors (Lipinski definition) is 0. The summed E-state index contributed by atoms with van der Waals surface area (Å²) in [6.07, 6.45) is 0.341. The molecule has 1 saturated heterocycles. The first kappa shape index (κ1) is 11.1. The highest BCUT2D eigenvalue weighted by atomic mass is 35.5. The number of para-hydroxylation sites is 1. The first-order chi connectivity index (χ1) is 7.59. The number of carbonyl (C=O) groups excluding carboxylic acids is 2. The smallest absolute Gasteiger partial charge is 0.228 e. The van der Waals surface area contributed by atoms with Gasteiger partial charge in [0.2, 0.25) is 5.91 Å². The van der Waals surface area contributed by atoms with E-state index in [4.69, 9.17) is 11.6 Å². The molecule has 1 atom stereocenters. The zero-order valence-electron chi connectivity index (χ0n) is 8.94. The summed E-state index contributed by atoms with van der Waals surface area (Å²) in [5.74, 6) is -0.0601. The van der Waals surface area contributed by atoms with E-state index in [1.807, 2.05) is 6.07 Å². The Morgan fingerprint density at radius 1 is 1.44 bits per heavy atom. The second-order valence-electron chi connectivity index (χ2n) is 3.88. The molecule has 3 nitrogen and oxygen atoms in total. The van der Waals surface area contributed by atoms with Crippen molar-refractivity contribution in [2.75, 3.05) is 11.4 Å². The average molecular weight is 238 g/mol. The van der Waals surface area contributed by atoms with Gasteiger partial charge < -0.3 is 4.90 Å². The number of ketones is 1. The summed E-state index contributed by atoms with van der Waals surface area (Å²) in [5, 5.41) is -0.160. The fourth-order valence-electron chi connectivity index (χ4n) is 1.90. The van der Waals surface area contributed by atoms with Crippen LogP contribution in [0.25, 0.3) is 0 Å². The Hall–Kier alpha value is -1.35. The summed E-state index contributed by atoms with van der Waals surface area (Å²) in [6.45, 7) is 1.97. The third-order valence-electron chi connectivity index (χ3n) is 2.65. The van der Waals surface area contributed by atoms with Crippen molar-refractivity contribution in [1.82, 2.24) is 0 Å². The molecule has 0 radical (unpaired) electrons. The fourth-order valence-corrected chi connectivity index (χ4v) is 2.17. The zero-order valence-corrected chi connectivity index (χ0v) is 9.70. The van der Waals surface area contributed by atoms with Crippen LogP contribution in [0.2, 0.25) is 0 Å². The van der Waals surface area contributed by atoms with Crippen LogP contribution in [0, 0.1) is 0 Å². The van der Waals surface area contributed by atoms with Crippen LogP contribution in [0.5, 0.6) is 0 Å². The van der Waals surface area contributed by atoms with E-state index < -0.39 is 0 Å². The minimum absolute atomic E-state index is 0.0197. The normalized spacial score (nSPS) is 20.2. The predicted molar refractivity (Wildman–Crippen MR) is 63.1 cm³/mol. The maximum absolute atomic E-state index is 11.7. The Morgan fingerprint density at radius 3 is 2.69 bits per heavy atom. The van der Waals surface area contributed by atoms with Crippen molar-refractivity contribution in [3.05, 3.63) is 29.8 Å².